The van der Waals surface area contributed by atoms with Crippen molar-refractivity contribution in [3.63, 3.8) is 0 Å². The van der Waals surface area contributed by atoms with Gasteiger partial charge in [0.25, 0.3) is 11.5 Å². The van der Waals surface area contributed by atoms with Gasteiger partial charge in [-0.1, -0.05) is 12.1 Å². The zero-order valence-corrected chi connectivity index (χ0v) is 18.5. The van der Waals surface area contributed by atoms with Gasteiger partial charge in [0.05, 0.1) is 12.2 Å². The average molecular weight is 482 g/mol. The van der Waals surface area contributed by atoms with Crippen molar-refractivity contribution in [3.05, 3.63) is 76.0 Å². The van der Waals surface area contributed by atoms with Crippen LogP contribution in [-0.2, 0) is 6.42 Å². The predicted molar refractivity (Wildman–Crippen MR) is 122 cm³/mol. The summed E-state index contributed by atoms with van der Waals surface area (Å²) < 4.78 is 42.9. The molecule has 0 unspecified atom stereocenters. The van der Waals surface area contributed by atoms with E-state index in [4.69, 9.17) is 5.73 Å². The van der Waals surface area contributed by atoms with E-state index in [9.17, 15) is 22.8 Å². The van der Waals surface area contributed by atoms with Gasteiger partial charge in [-0.25, -0.2) is 22.8 Å². The first-order valence-electron chi connectivity index (χ1n) is 11.1. The number of nitrogens with zero attached hydrogens (tertiary/aromatic N) is 4. The molecule has 1 fully saturated rings. The third-order valence-electron chi connectivity index (χ3n) is 6.30. The highest BCUT2D eigenvalue weighted by atomic mass is 19.3. The number of hydrogen-bond acceptors (Lipinski definition) is 5. The number of rotatable bonds is 5. The van der Waals surface area contributed by atoms with Gasteiger partial charge in [0.15, 0.2) is 5.65 Å². The van der Waals surface area contributed by atoms with Crippen LogP contribution in [0.5, 0.6) is 0 Å². The fraction of sp³-hybridized carbons (Fsp3) is 0.292. The SMILES string of the molecule is NC(=O)c1ccc(-c2ccc(F)cc2Cc2nc3c(cnn3C3CCC(F)(F)CC3)c(=O)[nH]2)cn1. The summed E-state index contributed by atoms with van der Waals surface area (Å²) in [5.41, 5.74) is 7.04. The number of primary amides is 1. The van der Waals surface area contributed by atoms with Crippen LogP contribution in [0.4, 0.5) is 13.2 Å². The van der Waals surface area contributed by atoms with Gasteiger partial charge in [0.1, 0.15) is 22.7 Å². The Bertz CT molecular complexity index is 1470. The number of H-pyrrole nitrogens is 1. The smallest absolute Gasteiger partial charge is 0.267 e. The second-order valence-electron chi connectivity index (χ2n) is 8.70. The van der Waals surface area contributed by atoms with Crippen LogP contribution < -0.4 is 11.3 Å². The third-order valence-corrected chi connectivity index (χ3v) is 6.30. The number of halogens is 3. The first-order valence-corrected chi connectivity index (χ1v) is 11.1. The molecule has 1 aliphatic rings. The molecule has 1 amide bonds. The first kappa shape index (κ1) is 22.8. The van der Waals surface area contributed by atoms with E-state index in [1.54, 1.807) is 16.8 Å². The van der Waals surface area contributed by atoms with Crippen molar-refractivity contribution in [2.45, 2.75) is 44.1 Å². The van der Waals surface area contributed by atoms with Gasteiger partial charge in [-0.3, -0.25) is 14.6 Å². The van der Waals surface area contributed by atoms with Crippen LogP contribution in [0, 0.1) is 5.82 Å². The Kier molecular flexibility index (Phi) is 5.62. The van der Waals surface area contributed by atoms with Crippen molar-refractivity contribution in [2.75, 3.05) is 0 Å². The Hall–Kier alpha value is -4.02. The molecule has 0 saturated heterocycles. The van der Waals surface area contributed by atoms with Crippen molar-refractivity contribution in [1.82, 2.24) is 24.7 Å². The normalized spacial score (nSPS) is 16.0. The third kappa shape index (κ3) is 4.53. The highest BCUT2D eigenvalue weighted by Gasteiger charge is 2.36. The van der Waals surface area contributed by atoms with Gasteiger partial charge in [0, 0.05) is 31.0 Å². The Balaban J connectivity index is 1.51. The van der Waals surface area contributed by atoms with Gasteiger partial charge in [-0.15, -0.1) is 0 Å². The number of aromatic nitrogens is 5. The van der Waals surface area contributed by atoms with Crippen LogP contribution in [0.1, 0.15) is 53.6 Å². The molecule has 4 aromatic rings. The summed E-state index contributed by atoms with van der Waals surface area (Å²) in [5.74, 6) is -3.54. The quantitative estimate of drug-likeness (QED) is 0.449. The Morgan fingerprint density at radius 1 is 1.17 bits per heavy atom. The van der Waals surface area contributed by atoms with E-state index in [1.807, 2.05) is 0 Å². The minimum atomic E-state index is -2.69. The summed E-state index contributed by atoms with van der Waals surface area (Å²) >= 11 is 0. The van der Waals surface area contributed by atoms with Crippen LogP contribution in [0.25, 0.3) is 22.2 Å². The van der Waals surface area contributed by atoms with Crippen LogP contribution in [0.2, 0.25) is 0 Å². The van der Waals surface area contributed by atoms with Crippen molar-refractivity contribution in [3.8, 4) is 11.1 Å². The fourth-order valence-electron chi connectivity index (χ4n) is 4.47. The molecule has 0 aliphatic heterocycles. The molecule has 11 heteroatoms. The molecule has 180 valence electrons. The van der Waals surface area contributed by atoms with E-state index in [0.717, 1.165) is 0 Å². The average Bonchev–Trinajstić information content (AvgIpc) is 3.24. The zero-order chi connectivity index (χ0) is 24.7. The van der Waals surface area contributed by atoms with E-state index in [1.165, 1.54) is 30.6 Å². The van der Waals surface area contributed by atoms with Crippen molar-refractivity contribution >= 4 is 16.9 Å². The number of fused-ring (bicyclic) bond motifs is 1. The van der Waals surface area contributed by atoms with Crippen molar-refractivity contribution < 1.29 is 18.0 Å². The van der Waals surface area contributed by atoms with Crippen LogP contribution in [0.15, 0.2) is 47.5 Å². The van der Waals surface area contributed by atoms with E-state index < -0.39 is 23.2 Å². The molecule has 8 nitrogen and oxygen atoms in total. The number of amides is 1. The van der Waals surface area contributed by atoms with Gasteiger partial charge < -0.3 is 10.7 Å². The molecule has 0 bridgehead atoms. The van der Waals surface area contributed by atoms with Crippen molar-refractivity contribution in [1.29, 1.82) is 0 Å². The standard InChI is InChI=1S/C24H21F3N6O2/c25-15-2-3-17(13-1-4-19(21(28)34)29-11-13)14(9-15)10-20-31-22-18(23(35)32-20)12-30-33(22)16-5-7-24(26,27)8-6-16/h1-4,9,11-12,16H,5-8,10H2,(H2,28,34)(H,31,32,35). The van der Waals surface area contributed by atoms with E-state index in [0.29, 0.717) is 22.3 Å². The Morgan fingerprint density at radius 2 is 1.94 bits per heavy atom. The molecule has 0 radical (unpaired) electrons. The molecule has 3 heterocycles. The molecule has 35 heavy (non-hydrogen) atoms. The van der Waals surface area contributed by atoms with Gasteiger partial charge in [-0.2, -0.15) is 5.10 Å². The number of pyridine rings is 1. The van der Waals surface area contributed by atoms with Gasteiger partial charge in [-0.05, 0) is 42.2 Å². The molecule has 0 spiro atoms. The van der Waals surface area contributed by atoms with Crippen LogP contribution in [0.3, 0.4) is 0 Å². The summed E-state index contributed by atoms with van der Waals surface area (Å²) in [6.07, 6.45) is 2.91. The van der Waals surface area contributed by atoms with Crippen LogP contribution >= 0.6 is 0 Å². The fourth-order valence-corrected chi connectivity index (χ4v) is 4.47. The summed E-state index contributed by atoms with van der Waals surface area (Å²) in [6.45, 7) is 0. The summed E-state index contributed by atoms with van der Waals surface area (Å²) in [5, 5.41) is 4.52. The van der Waals surface area contributed by atoms with Crippen molar-refractivity contribution in [2.24, 2.45) is 5.73 Å². The number of aromatic amines is 1. The lowest BCUT2D eigenvalue weighted by Gasteiger charge is -2.28. The Labute approximate surface area is 197 Å². The number of hydrogen-bond donors (Lipinski definition) is 2. The minimum absolute atomic E-state index is 0.0871. The number of alkyl halides is 2. The number of carbonyl (C=O) groups excluding carboxylic acids is 1. The predicted octanol–water partition coefficient (Wildman–Crippen LogP) is 3.76. The summed E-state index contributed by atoms with van der Waals surface area (Å²) in [6, 6.07) is 7.06. The van der Waals surface area contributed by atoms with Crippen LogP contribution in [-0.4, -0.2) is 36.6 Å². The van der Waals surface area contributed by atoms with Gasteiger partial charge in [0.2, 0.25) is 5.92 Å². The lowest BCUT2D eigenvalue weighted by atomic mass is 9.92. The number of carbonyl (C=O) groups is 1. The molecule has 1 aromatic carbocycles. The molecule has 1 saturated carbocycles. The topological polar surface area (TPSA) is 120 Å². The molecular formula is C24H21F3N6O2. The van der Waals surface area contributed by atoms with E-state index in [-0.39, 0.29) is 55.1 Å². The highest BCUT2D eigenvalue weighted by Crippen LogP contribution is 2.38. The largest absolute Gasteiger partial charge is 0.364 e. The molecule has 1 aliphatic carbocycles. The zero-order valence-electron chi connectivity index (χ0n) is 18.5. The van der Waals surface area contributed by atoms with Gasteiger partial charge >= 0.3 is 0 Å². The van der Waals surface area contributed by atoms with E-state index >= 15 is 0 Å². The maximum atomic E-state index is 14.1. The molecule has 0 atom stereocenters. The lowest BCUT2D eigenvalue weighted by Crippen LogP contribution is -2.27. The maximum Gasteiger partial charge on any atom is 0.267 e. The number of nitrogens with one attached hydrogen (secondary N) is 1. The summed E-state index contributed by atoms with van der Waals surface area (Å²) in [4.78, 5) is 35.3. The Morgan fingerprint density at radius 3 is 2.63 bits per heavy atom. The lowest BCUT2D eigenvalue weighted by molar-refractivity contribution is -0.0446. The highest BCUT2D eigenvalue weighted by molar-refractivity contribution is 5.91. The summed E-state index contributed by atoms with van der Waals surface area (Å²) in [7, 11) is 0. The second kappa shape index (κ2) is 8.64. The number of nitrogens with two attached hydrogens (primary N) is 1. The molecule has 3 aromatic heterocycles. The van der Waals surface area contributed by atoms with E-state index in [2.05, 4.69) is 20.1 Å². The molecule has 5 rings (SSSR count). The first-order chi connectivity index (χ1) is 16.7. The molecule has 3 N–H and O–H groups in total. The second-order valence-corrected chi connectivity index (χ2v) is 8.70. The minimum Gasteiger partial charge on any atom is -0.364 e. The number of benzene rings is 1. The molecular weight excluding hydrogens is 461 g/mol. The monoisotopic (exact) mass is 482 g/mol. The maximum absolute atomic E-state index is 14.1.